The molecule has 4 rings (SSSR count). The monoisotopic (exact) mass is 470 g/mol. The van der Waals surface area contributed by atoms with Crippen LogP contribution < -0.4 is 4.74 Å². The number of hydrogen-bond acceptors (Lipinski definition) is 6. The van der Waals surface area contributed by atoms with Crippen LogP contribution in [0.15, 0.2) is 41.8 Å². The maximum absolute atomic E-state index is 6.21. The number of benzene rings is 1. The lowest BCUT2D eigenvalue weighted by molar-refractivity contribution is -0.189. The van der Waals surface area contributed by atoms with Crippen LogP contribution >= 0.6 is 11.8 Å². The molecule has 0 bridgehead atoms. The highest BCUT2D eigenvalue weighted by Crippen LogP contribution is 2.37. The molecule has 6 heteroatoms. The number of thioether (sulfide) groups is 1. The molecule has 0 amide bonds. The Labute approximate surface area is 203 Å². The molecule has 1 aliphatic heterocycles. The fourth-order valence-electron chi connectivity index (χ4n) is 4.57. The third kappa shape index (κ3) is 7.43. The maximum Gasteiger partial charge on any atom is 0.187 e. The van der Waals surface area contributed by atoms with Gasteiger partial charge in [0.05, 0.1) is 6.61 Å². The van der Waals surface area contributed by atoms with E-state index < -0.39 is 0 Å². The van der Waals surface area contributed by atoms with E-state index >= 15 is 0 Å². The molecule has 2 heterocycles. The zero-order chi connectivity index (χ0) is 22.8. The predicted molar refractivity (Wildman–Crippen MR) is 134 cm³/mol. The maximum atomic E-state index is 6.21. The van der Waals surface area contributed by atoms with Crippen molar-refractivity contribution in [2.75, 3.05) is 19.0 Å². The lowest BCUT2D eigenvalue weighted by Gasteiger charge is -2.31. The highest BCUT2D eigenvalue weighted by atomic mass is 32.2. The molecular weight excluding hydrogens is 432 g/mol. The number of ether oxygens (including phenoxy) is 3. The summed E-state index contributed by atoms with van der Waals surface area (Å²) in [5.74, 6) is 1.60. The highest BCUT2D eigenvalue weighted by Gasteiger charge is 2.42. The lowest BCUT2D eigenvalue weighted by atomic mass is 9.94. The van der Waals surface area contributed by atoms with Gasteiger partial charge in [-0.1, -0.05) is 69.3 Å². The molecule has 1 aromatic heterocycles. The van der Waals surface area contributed by atoms with Crippen LogP contribution in [-0.2, 0) is 9.47 Å². The van der Waals surface area contributed by atoms with Crippen LogP contribution in [0.5, 0.6) is 5.75 Å². The lowest BCUT2D eigenvalue weighted by Crippen LogP contribution is -2.34. The molecule has 1 aliphatic carbocycles. The third-order valence-electron chi connectivity index (χ3n) is 6.51. The summed E-state index contributed by atoms with van der Waals surface area (Å²) >= 11 is 1.75. The van der Waals surface area contributed by atoms with Crippen LogP contribution in [0.1, 0.15) is 77.6 Å². The van der Waals surface area contributed by atoms with Gasteiger partial charge in [-0.15, -0.1) is 0 Å². The molecule has 1 aromatic carbocycles. The van der Waals surface area contributed by atoms with E-state index in [4.69, 9.17) is 14.2 Å². The first-order valence-electron chi connectivity index (χ1n) is 12.8. The van der Waals surface area contributed by atoms with Crippen molar-refractivity contribution >= 4 is 11.8 Å². The minimum atomic E-state index is -0.338. The van der Waals surface area contributed by atoms with Crippen molar-refractivity contribution in [1.29, 1.82) is 0 Å². The zero-order valence-corrected chi connectivity index (χ0v) is 20.8. The summed E-state index contributed by atoms with van der Waals surface area (Å²) in [5.41, 5.74) is 2.12. The first-order valence-corrected chi connectivity index (χ1v) is 13.7. The van der Waals surface area contributed by atoms with E-state index in [2.05, 4.69) is 29.0 Å². The van der Waals surface area contributed by atoms with Gasteiger partial charge in [0.15, 0.2) is 10.9 Å². The molecule has 0 N–H and O–H groups in total. The Morgan fingerprint density at radius 3 is 2.42 bits per heavy atom. The zero-order valence-electron chi connectivity index (χ0n) is 20.0. The van der Waals surface area contributed by atoms with Crippen molar-refractivity contribution in [3.63, 3.8) is 0 Å². The van der Waals surface area contributed by atoms with Gasteiger partial charge in [-0.05, 0) is 37.0 Å². The molecule has 33 heavy (non-hydrogen) atoms. The first-order chi connectivity index (χ1) is 16.3. The van der Waals surface area contributed by atoms with Gasteiger partial charge >= 0.3 is 0 Å². The number of nitrogens with zero attached hydrogens (tertiary/aromatic N) is 2. The molecule has 1 saturated carbocycles. The van der Waals surface area contributed by atoms with Crippen molar-refractivity contribution in [3.8, 4) is 16.9 Å². The van der Waals surface area contributed by atoms with Gasteiger partial charge < -0.3 is 14.2 Å². The first kappa shape index (κ1) is 24.5. The summed E-state index contributed by atoms with van der Waals surface area (Å²) in [7, 11) is 0. The quantitative estimate of drug-likeness (QED) is 0.188. The SMILES string of the molecule is CCCCCCCCSc1ncc(-c2ccc(OC[C@H]3COC4(CCCCC4)O3)cc2)cn1. The van der Waals surface area contributed by atoms with Gasteiger partial charge in [0, 0.05) is 36.6 Å². The standard InChI is InChI=1S/C27H38N2O3S/c1-2-3-4-5-6-10-17-33-26-28-18-23(19-29-26)22-11-13-24(14-12-22)30-20-25-21-31-27(32-25)15-8-7-9-16-27/h11-14,18-19,25H,2-10,15-17,20-21H2,1H3/t25-/m0/s1. The third-order valence-corrected chi connectivity index (χ3v) is 7.47. The fraction of sp³-hybridized carbons (Fsp3) is 0.630. The van der Waals surface area contributed by atoms with Crippen LogP contribution in [0.4, 0.5) is 0 Å². The summed E-state index contributed by atoms with van der Waals surface area (Å²) in [6.45, 7) is 3.40. The van der Waals surface area contributed by atoms with E-state index in [1.807, 2.05) is 24.5 Å². The molecular formula is C27H38N2O3S. The molecule has 1 spiro atoms. The Morgan fingerprint density at radius 1 is 0.939 bits per heavy atom. The Morgan fingerprint density at radius 2 is 1.67 bits per heavy atom. The number of hydrogen-bond donors (Lipinski definition) is 0. The van der Waals surface area contributed by atoms with Crippen LogP contribution in [-0.4, -0.2) is 40.8 Å². The Hall–Kier alpha value is -1.63. The largest absolute Gasteiger partial charge is 0.491 e. The summed E-state index contributed by atoms with van der Waals surface area (Å²) in [5, 5.41) is 0.863. The molecule has 0 unspecified atom stereocenters. The molecule has 180 valence electrons. The number of aromatic nitrogens is 2. The summed E-state index contributed by atoms with van der Waals surface area (Å²) in [6, 6.07) is 8.13. The van der Waals surface area contributed by atoms with Gasteiger partial charge in [-0.3, -0.25) is 0 Å². The van der Waals surface area contributed by atoms with Gasteiger partial charge in [0.1, 0.15) is 18.5 Å². The normalized spacial score (nSPS) is 19.7. The van der Waals surface area contributed by atoms with Gasteiger partial charge in [-0.25, -0.2) is 9.97 Å². The van der Waals surface area contributed by atoms with E-state index in [9.17, 15) is 0 Å². The smallest absolute Gasteiger partial charge is 0.187 e. The Bertz CT molecular complexity index is 822. The molecule has 1 atom stereocenters. The summed E-state index contributed by atoms with van der Waals surface area (Å²) in [4.78, 5) is 9.09. The Kier molecular flexibility index (Phi) is 9.45. The van der Waals surface area contributed by atoms with Crippen molar-refractivity contribution in [3.05, 3.63) is 36.7 Å². The topological polar surface area (TPSA) is 53.5 Å². The minimum Gasteiger partial charge on any atom is -0.491 e. The van der Waals surface area contributed by atoms with Crippen LogP contribution in [0, 0.1) is 0 Å². The van der Waals surface area contributed by atoms with Crippen LogP contribution in [0.25, 0.3) is 11.1 Å². The summed E-state index contributed by atoms with van der Waals surface area (Å²) < 4.78 is 18.2. The second-order valence-electron chi connectivity index (χ2n) is 9.23. The van der Waals surface area contributed by atoms with Gasteiger partial charge in [0.2, 0.25) is 0 Å². The average molecular weight is 471 g/mol. The van der Waals surface area contributed by atoms with Crippen molar-refractivity contribution in [1.82, 2.24) is 9.97 Å². The number of unbranched alkanes of at least 4 members (excludes halogenated alkanes) is 5. The summed E-state index contributed by atoms with van der Waals surface area (Å²) in [6.07, 6.45) is 17.4. The molecule has 2 aliphatic rings. The van der Waals surface area contributed by atoms with Crippen molar-refractivity contribution in [2.24, 2.45) is 0 Å². The van der Waals surface area contributed by atoms with Gasteiger partial charge in [-0.2, -0.15) is 0 Å². The predicted octanol–water partition coefficient (Wildman–Crippen LogP) is 7.05. The minimum absolute atomic E-state index is 0.0116. The Balaban J connectivity index is 1.18. The van der Waals surface area contributed by atoms with E-state index in [-0.39, 0.29) is 11.9 Å². The van der Waals surface area contributed by atoms with Crippen molar-refractivity contribution in [2.45, 2.75) is 94.6 Å². The molecule has 2 fully saturated rings. The molecule has 0 radical (unpaired) electrons. The van der Waals surface area contributed by atoms with E-state index in [0.29, 0.717) is 13.2 Å². The second kappa shape index (κ2) is 12.7. The number of rotatable bonds is 12. The molecule has 1 saturated heterocycles. The van der Waals surface area contributed by atoms with Crippen LogP contribution in [0.2, 0.25) is 0 Å². The van der Waals surface area contributed by atoms with Crippen LogP contribution in [0.3, 0.4) is 0 Å². The molecule has 2 aromatic rings. The fourth-order valence-corrected chi connectivity index (χ4v) is 5.36. The second-order valence-corrected chi connectivity index (χ2v) is 10.3. The van der Waals surface area contributed by atoms with E-state index in [1.165, 1.54) is 57.8 Å². The highest BCUT2D eigenvalue weighted by molar-refractivity contribution is 7.99. The van der Waals surface area contributed by atoms with E-state index in [1.54, 1.807) is 11.8 Å². The average Bonchev–Trinajstić information content (AvgIpc) is 3.25. The molecule has 5 nitrogen and oxygen atoms in total. The van der Waals surface area contributed by atoms with E-state index in [0.717, 1.165) is 40.6 Å². The van der Waals surface area contributed by atoms with Gasteiger partial charge in [0.25, 0.3) is 0 Å². The van der Waals surface area contributed by atoms with Crippen molar-refractivity contribution < 1.29 is 14.2 Å².